The highest BCUT2D eigenvalue weighted by atomic mass is 16.5. The van der Waals surface area contributed by atoms with Gasteiger partial charge in [0.2, 0.25) is 5.91 Å². The van der Waals surface area contributed by atoms with Gasteiger partial charge in [-0.15, -0.1) is 0 Å². The molecule has 0 bridgehead atoms. The van der Waals surface area contributed by atoms with Crippen LogP contribution in [-0.2, 0) is 9.53 Å². The van der Waals surface area contributed by atoms with Gasteiger partial charge in [0.15, 0.2) is 0 Å². The Labute approximate surface area is 136 Å². The number of morpholine rings is 1. The quantitative estimate of drug-likeness (QED) is 0.850. The Bertz CT molecular complexity index is 625. The number of amides is 2. The SMILES string of the molecule is CNC(=O)C1COC2(CN(C(=O)c3cccc(C)c3)C2)CN1C. The van der Waals surface area contributed by atoms with Crippen molar-refractivity contribution in [2.24, 2.45) is 0 Å². The summed E-state index contributed by atoms with van der Waals surface area (Å²) < 4.78 is 5.95. The molecule has 2 heterocycles. The Hall–Kier alpha value is -1.92. The zero-order valence-corrected chi connectivity index (χ0v) is 13.8. The van der Waals surface area contributed by atoms with Crippen LogP contribution in [0.2, 0.25) is 0 Å². The average molecular weight is 317 g/mol. The summed E-state index contributed by atoms with van der Waals surface area (Å²) in [6, 6.07) is 7.37. The molecule has 124 valence electrons. The number of carbonyl (C=O) groups excluding carboxylic acids is 2. The second-order valence-electron chi connectivity index (χ2n) is 6.57. The zero-order valence-electron chi connectivity index (χ0n) is 13.8. The van der Waals surface area contributed by atoms with Crippen LogP contribution in [0.4, 0.5) is 0 Å². The van der Waals surface area contributed by atoms with Crippen LogP contribution in [-0.4, -0.2) is 73.6 Å². The van der Waals surface area contributed by atoms with E-state index in [9.17, 15) is 9.59 Å². The molecule has 6 nitrogen and oxygen atoms in total. The van der Waals surface area contributed by atoms with Gasteiger partial charge in [-0.05, 0) is 26.1 Å². The summed E-state index contributed by atoms with van der Waals surface area (Å²) in [5.74, 6) is 0.00775. The molecular formula is C17H23N3O3. The maximum atomic E-state index is 12.5. The molecule has 0 saturated carbocycles. The summed E-state index contributed by atoms with van der Waals surface area (Å²) in [7, 11) is 3.56. The molecule has 0 radical (unpaired) electrons. The van der Waals surface area contributed by atoms with Crippen molar-refractivity contribution in [3.8, 4) is 0 Å². The smallest absolute Gasteiger partial charge is 0.254 e. The first-order valence-corrected chi connectivity index (χ1v) is 7.86. The van der Waals surface area contributed by atoms with Crippen LogP contribution >= 0.6 is 0 Å². The number of nitrogens with zero attached hydrogens (tertiary/aromatic N) is 2. The van der Waals surface area contributed by atoms with Gasteiger partial charge in [0.1, 0.15) is 11.6 Å². The van der Waals surface area contributed by atoms with Gasteiger partial charge in [0.25, 0.3) is 5.91 Å². The number of rotatable bonds is 2. The predicted octanol–water partition coefficient (Wildman–Crippen LogP) is 0.266. The molecule has 23 heavy (non-hydrogen) atoms. The van der Waals surface area contributed by atoms with E-state index in [1.54, 1.807) is 7.05 Å². The van der Waals surface area contributed by atoms with Gasteiger partial charge in [-0.3, -0.25) is 14.5 Å². The fourth-order valence-electron chi connectivity index (χ4n) is 3.38. The van der Waals surface area contributed by atoms with Crippen molar-refractivity contribution < 1.29 is 14.3 Å². The molecule has 2 amide bonds. The summed E-state index contributed by atoms with van der Waals surface area (Å²) in [5.41, 5.74) is 1.46. The lowest BCUT2D eigenvalue weighted by atomic mass is 9.90. The van der Waals surface area contributed by atoms with E-state index >= 15 is 0 Å². The van der Waals surface area contributed by atoms with Crippen LogP contribution in [0.1, 0.15) is 15.9 Å². The van der Waals surface area contributed by atoms with Crippen LogP contribution in [0.5, 0.6) is 0 Å². The molecule has 1 atom stereocenters. The van der Waals surface area contributed by atoms with E-state index in [1.807, 2.05) is 48.0 Å². The second kappa shape index (κ2) is 5.94. The number of hydrogen-bond acceptors (Lipinski definition) is 4. The molecule has 3 rings (SSSR count). The Morgan fingerprint density at radius 1 is 1.30 bits per heavy atom. The minimum absolute atomic E-state index is 0.0330. The van der Waals surface area contributed by atoms with Gasteiger partial charge in [-0.1, -0.05) is 17.7 Å². The molecule has 2 aliphatic heterocycles. The number of likely N-dealkylation sites (N-methyl/N-ethyl adjacent to an activating group) is 2. The van der Waals surface area contributed by atoms with Crippen molar-refractivity contribution in [1.29, 1.82) is 0 Å². The van der Waals surface area contributed by atoms with Crippen molar-refractivity contribution in [3.05, 3.63) is 35.4 Å². The molecule has 6 heteroatoms. The molecule has 1 spiro atoms. The molecule has 0 aromatic heterocycles. The second-order valence-corrected chi connectivity index (χ2v) is 6.57. The molecule has 2 aliphatic rings. The number of likely N-dealkylation sites (tertiary alicyclic amines) is 1. The maximum Gasteiger partial charge on any atom is 0.254 e. The highest BCUT2D eigenvalue weighted by Crippen LogP contribution is 2.31. The first kappa shape index (κ1) is 16.0. The Morgan fingerprint density at radius 2 is 2.04 bits per heavy atom. The summed E-state index contributed by atoms with van der Waals surface area (Å²) in [6.07, 6.45) is 0. The number of hydrogen-bond donors (Lipinski definition) is 1. The lowest BCUT2D eigenvalue weighted by Gasteiger charge is -2.54. The lowest BCUT2D eigenvalue weighted by molar-refractivity contribution is -0.187. The third-order valence-electron chi connectivity index (χ3n) is 4.68. The molecule has 1 unspecified atom stereocenters. The number of carbonyl (C=O) groups is 2. The highest BCUT2D eigenvalue weighted by Gasteiger charge is 2.51. The van der Waals surface area contributed by atoms with Gasteiger partial charge in [-0.25, -0.2) is 0 Å². The molecule has 1 aromatic rings. The summed E-state index contributed by atoms with van der Waals surface area (Å²) in [6.45, 7) is 4.15. The van der Waals surface area contributed by atoms with E-state index in [0.29, 0.717) is 31.8 Å². The number of nitrogens with one attached hydrogen (secondary N) is 1. The maximum absolute atomic E-state index is 12.5. The van der Waals surface area contributed by atoms with Crippen molar-refractivity contribution in [1.82, 2.24) is 15.1 Å². The van der Waals surface area contributed by atoms with Crippen LogP contribution in [0.25, 0.3) is 0 Å². The van der Waals surface area contributed by atoms with E-state index in [2.05, 4.69) is 5.32 Å². The predicted molar refractivity (Wildman–Crippen MR) is 86.3 cm³/mol. The van der Waals surface area contributed by atoms with Gasteiger partial charge in [0.05, 0.1) is 19.7 Å². The molecular weight excluding hydrogens is 294 g/mol. The van der Waals surface area contributed by atoms with Crippen molar-refractivity contribution in [3.63, 3.8) is 0 Å². The standard InChI is InChI=1S/C17H23N3O3/c1-12-5-4-6-13(7-12)16(22)20-10-17(11-20)9-19(3)14(8-23-17)15(21)18-2/h4-7,14H,8-11H2,1-3H3,(H,18,21). The first-order chi connectivity index (χ1) is 10.9. The highest BCUT2D eigenvalue weighted by molar-refractivity contribution is 5.95. The summed E-state index contributed by atoms with van der Waals surface area (Å²) in [5, 5.41) is 2.66. The number of benzene rings is 1. The minimum atomic E-state index is -0.335. The molecule has 1 N–H and O–H groups in total. The Kier molecular flexibility index (Phi) is 4.12. The largest absolute Gasteiger partial charge is 0.368 e. The first-order valence-electron chi connectivity index (χ1n) is 7.86. The molecule has 1 aromatic carbocycles. The van der Waals surface area contributed by atoms with E-state index in [1.165, 1.54) is 0 Å². The minimum Gasteiger partial charge on any atom is -0.368 e. The molecule has 0 aliphatic carbocycles. The van der Waals surface area contributed by atoms with Gasteiger partial charge in [-0.2, -0.15) is 0 Å². The van der Waals surface area contributed by atoms with Crippen LogP contribution in [0, 0.1) is 6.92 Å². The van der Waals surface area contributed by atoms with E-state index in [-0.39, 0.29) is 23.5 Å². The van der Waals surface area contributed by atoms with Crippen LogP contribution in [0.3, 0.4) is 0 Å². The third kappa shape index (κ3) is 2.96. The normalized spacial score (nSPS) is 23.4. The Balaban J connectivity index is 1.61. The zero-order chi connectivity index (χ0) is 16.6. The Morgan fingerprint density at radius 3 is 2.65 bits per heavy atom. The lowest BCUT2D eigenvalue weighted by Crippen LogP contribution is -2.73. The number of aryl methyl sites for hydroxylation is 1. The van der Waals surface area contributed by atoms with Crippen molar-refractivity contribution >= 4 is 11.8 Å². The van der Waals surface area contributed by atoms with Gasteiger partial charge in [0, 0.05) is 19.2 Å². The van der Waals surface area contributed by atoms with Gasteiger partial charge < -0.3 is 15.0 Å². The topological polar surface area (TPSA) is 61.9 Å². The van der Waals surface area contributed by atoms with Gasteiger partial charge >= 0.3 is 0 Å². The number of ether oxygens (including phenoxy) is 1. The van der Waals surface area contributed by atoms with Crippen LogP contribution < -0.4 is 5.32 Å². The fourth-order valence-corrected chi connectivity index (χ4v) is 3.38. The van der Waals surface area contributed by atoms with Crippen LogP contribution in [0.15, 0.2) is 24.3 Å². The van der Waals surface area contributed by atoms with E-state index < -0.39 is 0 Å². The monoisotopic (exact) mass is 317 g/mol. The molecule has 2 saturated heterocycles. The van der Waals surface area contributed by atoms with Crippen molar-refractivity contribution in [2.45, 2.75) is 18.6 Å². The average Bonchev–Trinajstić information content (AvgIpc) is 2.51. The van der Waals surface area contributed by atoms with E-state index in [4.69, 9.17) is 4.74 Å². The fraction of sp³-hybridized carbons (Fsp3) is 0.529. The third-order valence-corrected chi connectivity index (χ3v) is 4.68. The van der Waals surface area contributed by atoms with Crippen molar-refractivity contribution in [2.75, 3.05) is 40.3 Å². The van der Waals surface area contributed by atoms with E-state index in [0.717, 1.165) is 5.56 Å². The summed E-state index contributed by atoms with van der Waals surface area (Å²) >= 11 is 0. The summed E-state index contributed by atoms with van der Waals surface area (Å²) in [4.78, 5) is 28.1. The molecule has 2 fully saturated rings.